The van der Waals surface area contributed by atoms with E-state index in [4.69, 9.17) is 9.84 Å². The van der Waals surface area contributed by atoms with E-state index in [-0.39, 0.29) is 19.7 Å². The number of methoxy groups -OCH3 is 1. The zero-order valence-corrected chi connectivity index (χ0v) is 10.7. The van der Waals surface area contributed by atoms with Gasteiger partial charge in [-0.3, -0.25) is 9.48 Å². The van der Waals surface area contributed by atoms with Crippen LogP contribution >= 0.6 is 0 Å². The van der Waals surface area contributed by atoms with Gasteiger partial charge in [0.2, 0.25) is 0 Å². The average molecular weight is 271 g/mol. The maximum Gasteiger partial charge on any atom is 0.323 e. The second-order valence-corrected chi connectivity index (χ2v) is 3.71. The van der Waals surface area contributed by atoms with Crippen molar-refractivity contribution in [3.05, 3.63) is 12.4 Å². The number of hydrogen-bond donors (Lipinski definition) is 2. The molecule has 2 N–H and O–H groups in total. The van der Waals surface area contributed by atoms with E-state index in [2.05, 4.69) is 15.6 Å². The second kappa shape index (κ2) is 8.03. The highest BCUT2D eigenvalue weighted by atomic mass is 16.5. The van der Waals surface area contributed by atoms with Gasteiger partial charge in [-0.25, -0.2) is 4.79 Å². The minimum Gasteiger partial charge on any atom is -0.480 e. The van der Waals surface area contributed by atoms with Gasteiger partial charge in [0.25, 0.3) is 0 Å². The second-order valence-electron chi connectivity index (χ2n) is 3.71. The summed E-state index contributed by atoms with van der Waals surface area (Å²) in [5.74, 6) is -1.07. The van der Waals surface area contributed by atoms with Crippen molar-refractivity contribution in [1.82, 2.24) is 25.2 Å². The SMILES string of the molecule is COCCN(CC(=O)O)C(=O)NCCn1ccnn1. The van der Waals surface area contributed by atoms with Crippen LogP contribution in [-0.2, 0) is 16.1 Å². The van der Waals surface area contributed by atoms with Gasteiger partial charge in [-0.2, -0.15) is 0 Å². The summed E-state index contributed by atoms with van der Waals surface area (Å²) in [7, 11) is 1.49. The van der Waals surface area contributed by atoms with Crippen molar-refractivity contribution in [2.45, 2.75) is 6.54 Å². The lowest BCUT2D eigenvalue weighted by Crippen LogP contribution is -2.45. The fourth-order valence-electron chi connectivity index (χ4n) is 1.36. The molecule has 0 fully saturated rings. The first-order valence-corrected chi connectivity index (χ1v) is 5.71. The minimum atomic E-state index is -1.07. The number of amides is 2. The van der Waals surface area contributed by atoms with Gasteiger partial charge >= 0.3 is 12.0 Å². The smallest absolute Gasteiger partial charge is 0.323 e. The summed E-state index contributed by atoms with van der Waals surface area (Å²) in [6.07, 6.45) is 3.21. The number of rotatable bonds is 8. The normalized spacial score (nSPS) is 10.2. The Bertz CT molecular complexity index is 395. The third-order valence-corrected chi connectivity index (χ3v) is 2.27. The van der Waals surface area contributed by atoms with Crippen molar-refractivity contribution in [1.29, 1.82) is 0 Å². The van der Waals surface area contributed by atoms with Gasteiger partial charge < -0.3 is 20.1 Å². The summed E-state index contributed by atoms with van der Waals surface area (Å²) in [6.45, 7) is 0.947. The number of aliphatic carboxylic acids is 1. The molecular weight excluding hydrogens is 254 g/mol. The van der Waals surface area contributed by atoms with Crippen molar-refractivity contribution in [3.63, 3.8) is 0 Å². The molecule has 0 aliphatic heterocycles. The number of aromatic nitrogens is 3. The van der Waals surface area contributed by atoms with Crippen LogP contribution in [0.1, 0.15) is 0 Å². The van der Waals surface area contributed by atoms with E-state index in [1.165, 1.54) is 18.2 Å². The summed E-state index contributed by atoms with van der Waals surface area (Å²) in [5, 5.41) is 18.7. The number of carbonyl (C=O) groups excluding carboxylic acids is 1. The van der Waals surface area contributed by atoms with Crippen LogP contribution in [0.15, 0.2) is 12.4 Å². The van der Waals surface area contributed by atoms with Crippen molar-refractivity contribution < 1.29 is 19.4 Å². The van der Waals surface area contributed by atoms with Gasteiger partial charge in [0, 0.05) is 26.4 Å². The lowest BCUT2D eigenvalue weighted by molar-refractivity contribution is -0.137. The molecule has 0 spiro atoms. The van der Waals surface area contributed by atoms with E-state index in [1.807, 2.05) is 0 Å². The fourth-order valence-corrected chi connectivity index (χ4v) is 1.36. The number of urea groups is 1. The van der Waals surface area contributed by atoms with Crippen molar-refractivity contribution in [2.24, 2.45) is 0 Å². The number of nitrogens with zero attached hydrogens (tertiary/aromatic N) is 4. The zero-order valence-electron chi connectivity index (χ0n) is 10.7. The molecule has 0 aliphatic carbocycles. The summed E-state index contributed by atoms with van der Waals surface area (Å²) in [6, 6.07) is -0.445. The van der Waals surface area contributed by atoms with E-state index in [1.54, 1.807) is 10.9 Å². The third-order valence-electron chi connectivity index (χ3n) is 2.27. The first-order chi connectivity index (χ1) is 9.13. The highest BCUT2D eigenvalue weighted by Crippen LogP contribution is 1.91. The van der Waals surface area contributed by atoms with Gasteiger partial charge in [0.1, 0.15) is 6.54 Å². The van der Waals surface area contributed by atoms with Crippen LogP contribution in [0.3, 0.4) is 0 Å². The summed E-state index contributed by atoms with van der Waals surface area (Å²) in [4.78, 5) is 23.6. The molecule has 1 rings (SSSR count). The molecule has 0 aliphatic rings. The molecule has 2 amide bonds. The molecule has 9 nitrogen and oxygen atoms in total. The largest absolute Gasteiger partial charge is 0.480 e. The van der Waals surface area contributed by atoms with E-state index < -0.39 is 12.0 Å². The van der Waals surface area contributed by atoms with Gasteiger partial charge in [-0.1, -0.05) is 5.21 Å². The molecular formula is C10H17N5O4. The van der Waals surface area contributed by atoms with Crippen molar-refractivity contribution >= 4 is 12.0 Å². The highest BCUT2D eigenvalue weighted by molar-refractivity contribution is 5.80. The topological polar surface area (TPSA) is 110 Å². The summed E-state index contributed by atoms with van der Waals surface area (Å²) >= 11 is 0. The first kappa shape index (κ1) is 14.9. The van der Waals surface area contributed by atoms with Crippen LogP contribution in [0.2, 0.25) is 0 Å². The summed E-state index contributed by atoms with van der Waals surface area (Å²) < 4.78 is 6.40. The Labute approximate surface area is 110 Å². The molecule has 0 saturated carbocycles. The molecule has 106 valence electrons. The Morgan fingerprint density at radius 3 is 2.89 bits per heavy atom. The predicted octanol–water partition coefficient (Wildman–Crippen LogP) is -0.979. The van der Waals surface area contributed by atoms with Crippen LogP contribution in [0.5, 0.6) is 0 Å². The van der Waals surface area contributed by atoms with E-state index in [0.29, 0.717) is 13.1 Å². The number of carboxylic acid groups (broad SMARTS) is 1. The number of carbonyl (C=O) groups is 2. The molecule has 0 saturated heterocycles. The molecule has 0 atom stereocenters. The molecule has 1 aromatic heterocycles. The van der Waals surface area contributed by atoms with Gasteiger partial charge in [0.15, 0.2) is 0 Å². The molecule has 1 heterocycles. The standard InChI is InChI=1S/C10H17N5O4/c1-19-7-6-14(8-9(16)17)10(18)11-2-4-15-5-3-12-13-15/h3,5H,2,4,6-8H2,1H3,(H,11,18)(H,16,17). The van der Waals surface area contributed by atoms with Crippen molar-refractivity contribution in [3.8, 4) is 0 Å². The highest BCUT2D eigenvalue weighted by Gasteiger charge is 2.15. The Morgan fingerprint density at radius 1 is 1.53 bits per heavy atom. The average Bonchev–Trinajstić information content (AvgIpc) is 2.87. The molecule has 0 bridgehead atoms. The lowest BCUT2D eigenvalue weighted by Gasteiger charge is -2.20. The fraction of sp³-hybridized carbons (Fsp3) is 0.600. The Balaban J connectivity index is 2.35. The van der Waals surface area contributed by atoms with E-state index in [9.17, 15) is 9.59 Å². The Morgan fingerprint density at radius 2 is 2.32 bits per heavy atom. The van der Waals surface area contributed by atoms with Gasteiger partial charge in [0.05, 0.1) is 19.3 Å². The van der Waals surface area contributed by atoms with Gasteiger partial charge in [-0.15, -0.1) is 5.10 Å². The van der Waals surface area contributed by atoms with Crippen molar-refractivity contribution in [2.75, 3.05) is 33.4 Å². The van der Waals surface area contributed by atoms with Crippen LogP contribution in [-0.4, -0.2) is 70.4 Å². The maximum absolute atomic E-state index is 11.8. The Hall–Kier alpha value is -2.16. The number of nitrogens with one attached hydrogen (secondary N) is 1. The quantitative estimate of drug-likeness (QED) is 0.629. The van der Waals surface area contributed by atoms with E-state index in [0.717, 1.165) is 0 Å². The zero-order chi connectivity index (χ0) is 14.1. The van der Waals surface area contributed by atoms with E-state index >= 15 is 0 Å². The minimum absolute atomic E-state index is 0.220. The molecule has 9 heteroatoms. The number of carboxylic acids is 1. The van der Waals surface area contributed by atoms with Crippen LogP contribution < -0.4 is 5.32 Å². The summed E-state index contributed by atoms with van der Waals surface area (Å²) in [5.41, 5.74) is 0. The lowest BCUT2D eigenvalue weighted by atomic mass is 10.5. The number of hydrogen-bond acceptors (Lipinski definition) is 5. The van der Waals surface area contributed by atoms with Crippen LogP contribution in [0.25, 0.3) is 0 Å². The molecule has 1 aromatic rings. The number of ether oxygens (including phenoxy) is 1. The van der Waals surface area contributed by atoms with Crippen LogP contribution in [0.4, 0.5) is 4.79 Å². The maximum atomic E-state index is 11.8. The molecule has 0 radical (unpaired) electrons. The molecule has 19 heavy (non-hydrogen) atoms. The molecule has 0 unspecified atom stereocenters. The monoisotopic (exact) mass is 271 g/mol. The molecule has 0 aromatic carbocycles. The van der Waals surface area contributed by atoms with Crippen LogP contribution in [0, 0.1) is 0 Å². The predicted molar refractivity (Wildman–Crippen MR) is 64.5 cm³/mol. The Kier molecular flexibility index (Phi) is 6.30. The first-order valence-electron chi connectivity index (χ1n) is 5.71. The van der Waals surface area contributed by atoms with Gasteiger partial charge in [-0.05, 0) is 0 Å². The third kappa shape index (κ3) is 5.82.